The third-order valence-electron chi connectivity index (χ3n) is 2.19. The molecule has 0 radical (unpaired) electrons. The number of halogens is 1. The summed E-state index contributed by atoms with van der Waals surface area (Å²) in [5.74, 6) is 0. The molecule has 0 aromatic carbocycles. The van der Waals surface area contributed by atoms with Crippen LogP contribution in [0.4, 0.5) is 0 Å². The second-order valence-electron chi connectivity index (χ2n) is 3.27. The van der Waals surface area contributed by atoms with Crippen LogP contribution in [0.3, 0.4) is 0 Å². The molecule has 2 heterocycles. The maximum absolute atomic E-state index is 10.4. The predicted octanol–water partition coefficient (Wildman–Crippen LogP) is 0.267. The molecule has 0 saturated carbocycles. The number of aromatic nitrogens is 1. The Morgan fingerprint density at radius 3 is 3.31 bits per heavy atom. The Morgan fingerprint density at radius 1 is 1.88 bits per heavy atom. The molecule has 0 spiro atoms. The summed E-state index contributed by atoms with van der Waals surface area (Å²) in [5.41, 5.74) is 2.20. The summed E-state index contributed by atoms with van der Waals surface area (Å²) in [6.07, 6.45) is 1.14. The summed E-state index contributed by atoms with van der Waals surface area (Å²) in [7, 11) is 0. The van der Waals surface area contributed by atoms with Gasteiger partial charge in [-0.3, -0.25) is 10.2 Å². The Kier molecular flexibility index (Phi) is 3.54. The SMILES string of the molecule is O=[N+]([O-])NC1NCCN1Cc1ncc(Cl)s1. The van der Waals surface area contributed by atoms with Gasteiger partial charge in [-0.1, -0.05) is 11.6 Å². The van der Waals surface area contributed by atoms with Crippen LogP contribution in [0.5, 0.6) is 0 Å². The Balaban J connectivity index is 1.95. The van der Waals surface area contributed by atoms with Crippen LogP contribution in [0.15, 0.2) is 6.20 Å². The Morgan fingerprint density at radius 2 is 2.69 bits per heavy atom. The van der Waals surface area contributed by atoms with Crippen LogP contribution in [0.2, 0.25) is 4.34 Å². The van der Waals surface area contributed by atoms with Crippen molar-refractivity contribution in [3.05, 3.63) is 25.7 Å². The first kappa shape index (κ1) is 11.5. The van der Waals surface area contributed by atoms with Crippen LogP contribution in [-0.2, 0) is 6.54 Å². The van der Waals surface area contributed by atoms with Gasteiger partial charge in [-0.05, 0) is 0 Å². The van der Waals surface area contributed by atoms with Crippen LogP contribution in [0, 0.1) is 10.1 Å². The van der Waals surface area contributed by atoms with Crippen LogP contribution >= 0.6 is 22.9 Å². The fourth-order valence-corrected chi connectivity index (χ4v) is 2.52. The fraction of sp³-hybridized carbons (Fsp3) is 0.571. The fourth-order valence-electron chi connectivity index (χ4n) is 1.54. The normalized spacial score (nSPS) is 21.2. The third-order valence-corrected chi connectivity index (χ3v) is 3.29. The minimum Gasteiger partial charge on any atom is -0.279 e. The zero-order valence-electron chi connectivity index (χ0n) is 8.22. The molecule has 16 heavy (non-hydrogen) atoms. The number of hydrogen-bond acceptors (Lipinski definition) is 6. The highest BCUT2D eigenvalue weighted by Gasteiger charge is 2.27. The molecule has 1 atom stereocenters. The van der Waals surface area contributed by atoms with Crippen molar-refractivity contribution in [2.75, 3.05) is 13.1 Å². The van der Waals surface area contributed by atoms with Gasteiger partial charge in [0.1, 0.15) is 9.34 Å². The van der Waals surface area contributed by atoms with E-state index in [4.69, 9.17) is 11.6 Å². The van der Waals surface area contributed by atoms with Gasteiger partial charge in [-0.25, -0.2) is 15.1 Å². The van der Waals surface area contributed by atoms with E-state index in [1.165, 1.54) is 11.3 Å². The van der Waals surface area contributed by atoms with E-state index >= 15 is 0 Å². The van der Waals surface area contributed by atoms with E-state index in [9.17, 15) is 10.1 Å². The van der Waals surface area contributed by atoms with Gasteiger partial charge < -0.3 is 0 Å². The molecular formula is C7H10ClN5O2S. The summed E-state index contributed by atoms with van der Waals surface area (Å²) in [4.78, 5) is 16.4. The summed E-state index contributed by atoms with van der Waals surface area (Å²) in [5, 5.41) is 13.6. The van der Waals surface area contributed by atoms with Crippen molar-refractivity contribution in [3.63, 3.8) is 0 Å². The maximum atomic E-state index is 10.4. The van der Waals surface area contributed by atoms with Gasteiger partial charge in [0, 0.05) is 13.1 Å². The number of nitrogens with zero attached hydrogens (tertiary/aromatic N) is 3. The first-order valence-electron chi connectivity index (χ1n) is 4.63. The van der Waals surface area contributed by atoms with Gasteiger partial charge in [0.05, 0.1) is 12.7 Å². The van der Waals surface area contributed by atoms with Crippen molar-refractivity contribution >= 4 is 22.9 Å². The molecule has 0 amide bonds. The Hall–Kier alpha value is -0.960. The van der Waals surface area contributed by atoms with Crippen molar-refractivity contribution < 1.29 is 5.03 Å². The minimum atomic E-state index is -0.551. The van der Waals surface area contributed by atoms with Gasteiger partial charge in [-0.15, -0.1) is 16.8 Å². The van der Waals surface area contributed by atoms with E-state index in [1.54, 1.807) is 6.20 Å². The number of nitrogens with one attached hydrogen (secondary N) is 2. The van der Waals surface area contributed by atoms with Gasteiger partial charge in [0.2, 0.25) is 0 Å². The van der Waals surface area contributed by atoms with Gasteiger partial charge in [0.25, 0.3) is 0 Å². The quantitative estimate of drug-likeness (QED) is 0.599. The number of nitro groups is 1. The molecule has 0 bridgehead atoms. The monoisotopic (exact) mass is 263 g/mol. The summed E-state index contributed by atoms with van der Waals surface area (Å²) in [6, 6.07) is 0. The number of hydrazine groups is 1. The molecule has 2 N–H and O–H groups in total. The smallest absolute Gasteiger partial charge is 0.193 e. The highest BCUT2D eigenvalue weighted by atomic mass is 35.5. The average molecular weight is 264 g/mol. The molecule has 88 valence electrons. The lowest BCUT2D eigenvalue weighted by Gasteiger charge is -2.19. The predicted molar refractivity (Wildman–Crippen MR) is 59.5 cm³/mol. The molecule has 1 aromatic heterocycles. The average Bonchev–Trinajstić information content (AvgIpc) is 2.77. The van der Waals surface area contributed by atoms with Crippen LogP contribution in [0.1, 0.15) is 5.01 Å². The number of rotatable bonds is 4. The van der Waals surface area contributed by atoms with E-state index in [1.807, 2.05) is 4.90 Å². The van der Waals surface area contributed by atoms with Crippen LogP contribution in [0.25, 0.3) is 0 Å². The van der Waals surface area contributed by atoms with E-state index in [0.29, 0.717) is 17.4 Å². The zero-order valence-corrected chi connectivity index (χ0v) is 9.79. The van der Waals surface area contributed by atoms with Crippen molar-refractivity contribution in [2.24, 2.45) is 0 Å². The first-order chi connectivity index (χ1) is 7.65. The molecule has 1 unspecified atom stereocenters. The van der Waals surface area contributed by atoms with E-state index < -0.39 is 11.3 Å². The lowest BCUT2D eigenvalue weighted by Crippen LogP contribution is -2.49. The molecule has 1 saturated heterocycles. The second kappa shape index (κ2) is 4.91. The topological polar surface area (TPSA) is 83.3 Å². The molecule has 1 aliphatic rings. The summed E-state index contributed by atoms with van der Waals surface area (Å²) in [6.45, 7) is 2.00. The first-order valence-corrected chi connectivity index (χ1v) is 5.83. The Bertz CT molecular complexity index is 387. The molecule has 1 fully saturated rings. The minimum absolute atomic E-state index is 0.447. The van der Waals surface area contributed by atoms with Gasteiger partial charge >= 0.3 is 0 Å². The van der Waals surface area contributed by atoms with E-state index in [0.717, 1.165) is 11.6 Å². The zero-order chi connectivity index (χ0) is 11.5. The number of hydrogen-bond donors (Lipinski definition) is 2. The standard InChI is InChI=1S/C7H10ClN5O2S/c8-5-3-10-6(16-5)4-12-2-1-9-7(12)11-13(14)15/h3,7,9,11H,1-2,4H2. The van der Waals surface area contributed by atoms with Gasteiger partial charge in [0.15, 0.2) is 11.3 Å². The van der Waals surface area contributed by atoms with Crippen LogP contribution in [-0.4, -0.2) is 34.3 Å². The lowest BCUT2D eigenvalue weighted by atomic mass is 10.5. The highest BCUT2D eigenvalue weighted by Crippen LogP contribution is 2.20. The van der Waals surface area contributed by atoms with E-state index in [2.05, 4.69) is 15.7 Å². The maximum Gasteiger partial charge on any atom is 0.193 e. The summed E-state index contributed by atoms with van der Waals surface area (Å²) >= 11 is 7.15. The van der Waals surface area contributed by atoms with Crippen molar-refractivity contribution in [1.29, 1.82) is 0 Å². The Labute approximate surface area is 101 Å². The second-order valence-corrected chi connectivity index (χ2v) is 5.02. The third kappa shape index (κ3) is 2.79. The van der Waals surface area contributed by atoms with E-state index in [-0.39, 0.29) is 0 Å². The van der Waals surface area contributed by atoms with Crippen molar-refractivity contribution in [1.82, 2.24) is 20.6 Å². The van der Waals surface area contributed by atoms with Crippen LogP contribution < -0.4 is 10.7 Å². The summed E-state index contributed by atoms with van der Waals surface area (Å²) < 4.78 is 0.626. The number of thiazole rings is 1. The van der Waals surface area contributed by atoms with Crippen molar-refractivity contribution in [3.8, 4) is 0 Å². The molecule has 1 aliphatic heterocycles. The largest absolute Gasteiger partial charge is 0.279 e. The molecule has 0 aliphatic carbocycles. The van der Waals surface area contributed by atoms with Crippen molar-refractivity contribution in [2.45, 2.75) is 12.8 Å². The highest BCUT2D eigenvalue weighted by molar-refractivity contribution is 7.15. The lowest BCUT2D eigenvalue weighted by molar-refractivity contribution is -0.556. The molecule has 7 nitrogen and oxygen atoms in total. The molecule has 1 aromatic rings. The molecule has 9 heteroatoms. The molecule has 2 rings (SSSR count). The molecular weight excluding hydrogens is 254 g/mol. The van der Waals surface area contributed by atoms with Gasteiger partial charge in [-0.2, -0.15) is 0 Å².